The first-order chi connectivity index (χ1) is 18.1. The van der Waals surface area contributed by atoms with Crippen LogP contribution in [0.2, 0.25) is 5.02 Å². The van der Waals surface area contributed by atoms with Crippen LogP contribution in [0.5, 0.6) is 0 Å². The van der Waals surface area contributed by atoms with Gasteiger partial charge >= 0.3 is 0 Å². The van der Waals surface area contributed by atoms with Crippen LogP contribution in [0.4, 0.5) is 5.95 Å². The van der Waals surface area contributed by atoms with Crippen LogP contribution in [0.25, 0.3) is 33.4 Å². The minimum atomic E-state index is -0.0567. The van der Waals surface area contributed by atoms with E-state index in [9.17, 15) is 4.79 Å². The highest BCUT2D eigenvalue weighted by Crippen LogP contribution is 2.35. The molecule has 3 aromatic heterocycles. The van der Waals surface area contributed by atoms with Gasteiger partial charge in [-0.25, -0.2) is 4.98 Å². The van der Waals surface area contributed by atoms with Crippen molar-refractivity contribution in [3.8, 4) is 22.4 Å². The largest absolute Gasteiger partial charge is 0.381 e. The quantitative estimate of drug-likeness (QED) is 0.341. The van der Waals surface area contributed by atoms with E-state index in [1.54, 1.807) is 6.20 Å². The Bertz CT molecular complexity index is 1510. The second kappa shape index (κ2) is 10.2. The number of hydrogen-bond acceptors (Lipinski definition) is 6. The minimum Gasteiger partial charge on any atom is -0.381 e. The molecule has 37 heavy (non-hydrogen) atoms. The van der Waals surface area contributed by atoms with Crippen molar-refractivity contribution < 1.29 is 4.74 Å². The summed E-state index contributed by atoms with van der Waals surface area (Å²) in [5.41, 5.74) is 4.79. The van der Waals surface area contributed by atoms with Crippen LogP contribution < -0.4 is 10.9 Å². The first-order valence-electron chi connectivity index (χ1n) is 13.1. The molecule has 190 valence electrons. The molecule has 1 aromatic carbocycles. The van der Waals surface area contributed by atoms with Gasteiger partial charge in [0.2, 0.25) is 5.95 Å². The number of aromatic nitrogens is 4. The van der Waals surface area contributed by atoms with Crippen LogP contribution in [0.1, 0.15) is 50.1 Å². The number of halogens is 1. The molecule has 0 amide bonds. The van der Waals surface area contributed by atoms with E-state index in [2.05, 4.69) is 15.3 Å². The summed E-state index contributed by atoms with van der Waals surface area (Å²) in [5.74, 6) is 0.561. The van der Waals surface area contributed by atoms with E-state index in [1.807, 2.05) is 54.1 Å². The number of pyridine rings is 2. The Morgan fingerprint density at radius 2 is 1.84 bits per heavy atom. The average Bonchev–Trinajstić information content (AvgIpc) is 3.44. The zero-order valence-corrected chi connectivity index (χ0v) is 21.7. The number of fused-ring (bicyclic) bond motifs is 1. The summed E-state index contributed by atoms with van der Waals surface area (Å²) < 4.78 is 7.36. The standard InChI is InChI=1S/C29H30ClN5O2/c1-18-5-4-12-31-26(18)19-8-9-23(25(30)16-19)24-15-20-17-32-29(33-21-10-13-37-14-11-21)34-27(20)35(28(24)36)22-6-2-3-7-22/h4-5,8-9,12,15-17,21-22H,2-3,6-7,10-11,13-14H2,1H3,(H,32,33,34). The third-order valence-corrected chi connectivity index (χ3v) is 7.87. The van der Waals surface area contributed by atoms with Crippen molar-refractivity contribution in [1.29, 1.82) is 0 Å². The minimum absolute atomic E-state index is 0.0567. The van der Waals surface area contributed by atoms with E-state index in [4.69, 9.17) is 21.3 Å². The van der Waals surface area contributed by atoms with Gasteiger partial charge in [-0.15, -0.1) is 0 Å². The summed E-state index contributed by atoms with van der Waals surface area (Å²) >= 11 is 6.81. The highest BCUT2D eigenvalue weighted by Gasteiger charge is 2.24. The molecule has 1 saturated carbocycles. The number of nitrogens with zero attached hydrogens (tertiary/aromatic N) is 4. The summed E-state index contributed by atoms with van der Waals surface area (Å²) in [7, 11) is 0. The summed E-state index contributed by atoms with van der Waals surface area (Å²) in [6.45, 7) is 3.50. The van der Waals surface area contributed by atoms with Gasteiger partial charge in [0.15, 0.2) is 0 Å². The highest BCUT2D eigenvalue weighted by molar-refractivity contribution is 6.33. The first-order valence-corrected chi connectivity index (χ1v) is 13.4. The van der Waals surface area contributed by atoms with Gasteiger partial charge in [0, 0.05) is 64.8 Å². The maximum atomic E-state index is 14.0. The lowest BCUT2D eigenvalue weighted by atomic mass is 10.0. The molecule has 0 atom stereocenters. The van der Waals surface area contributed by atoms with Gasteiger partial charge in [-0.3, -0.25) is 14.3 Å². The van der Waals surface area contributed by atoms with Gasteiger partial charge in [0.1, 0.15) is 5.65 Å². The van der Waals surface area contributed by atoms with Crippen molar-refractivity contribution in [3.63, 3.8) is 0 Å². The predicted molar refractivity (Wildman–Crippen MR) is 147 cm³/mol. The van der Waals surface area contributed by atoms with Crippen molar-refractivity contribution in [2.24, 2.45) is 0 Å². The fraction of sp³-hybridized carbons (Fsp3) is 0.379. The molecule has 0 radical (unpaired) electrons. The van der Waals surface area contributed by atoms with E-state index in [-0.39, 0.29) is 17.6 Å². The van der Waals surface area contributed by atoms with Gasteiger partial charge in [0.25, 0.3) is 5.56 Å². The molecule has 2 aliphatic rings. The van der Waals surface area contributed by atoms with Crippen LogP contribution in [0.15, 0.2) is 53.6 Å². The van der Waals surface area contributed by atoms with Crippen molar-refractivity contribution in [1.82, 2.24) is 19.5 Å². The van der Waals surface area contributed by atoms with Gasteiger partial charge in [-0.2, -0.15) is 4.98 Å². The molecule has 0 spiro atoms. The molecule has 0 bridgehead atoms. The summed E-state index contributed by atoms with van der Waals surface area (Å²) in [4.78, 5) is 28.0. The maximum Gasteiger partial charge on any atom is 0.260 e. The second-order valence-electron chi connectivity index (χ2n) is 10.0. The molecule has 1 N–H and O–H groups in total. The lowest BCUT2D eigenvalue weighted by Gasteiger charge is -2.23. The van der Waals surface area contributed by atoms with E-state index >= 15 is 0 Å². The third kappa shape index (κ3) is 4.74. The summed E-state index contributed by atoms with van der Waals surface area (Å²) in [6, 6.07) is 12.0. The number of rotatable bonds is 5. The molecule has 4 aromatic rings. The lowest BCUT2D eigenvalue weighted by Crippen LogP contribution is -2.29. The Labute approximate surface area is 220 Å². The fourth-order valence-electron chi connectivity index (χ4n) is 5.58. The monoisotopic (exact) mass is 515 g/mol. The maximum absolute atomic E-state index is 14.0. The second-order valence-corrected chi connectivity index (χ2v) is 10.4. The van der Waals surface area contributed by atoms with Crippen LogP contribution >= 0.6 is 11.6 Å². The predicted octanol–water partition coefficient (Wildman–Crippen LogP) is 6.19. The molecule has 1 aliphatic heterocycles. The Balaban J connectivity index is 1.45. The van der Waals surface area contributed by atoms with Gasteiger partial charge in [-0.05, 0) is 56.4 Å². The van der Waals surface area contributed by atoms with Crippen LogP contribution in [0.3, 0.4) is 0 Å². The van der Waals surface area contributed by atoms with Gasteiger partial charge < -0.3 is 10.1 Å². The Morgan fingerprint density at radius 3 is 2.59 bits per heavy atom. The SMILES string of the molecule is Cc1cccnc1-c1ccc(-c2cc3cnc(NC4CCOCC4)nc3n(C3CCCC3)c2=O)c(Cl)c1. The Hall–Kier alpha value is -3.29. The van der Waals surface area contributed by atoms with Crippen LogP contribution in [0, 0.1) is 6.92 Å². The highest BCUT2D eigenvalue weighted by atomic mass is 35.5. The van der Waals surface area contributed by atoms with Crippen molar-refractivity contribution >= 4 is 28.6 Å². The molecular formula is C29H30ClN5O2. The summed E-state index contributed by atoms with van der Waals surface area (Å²) in [6.07, 6.45) is 9.59. The van der Waals surface area contributed by atoms with E-state index in [0.717, 1.165) is 73.9 Å². The smallest absolute Gasteiger partial charge is 0.260 e. The lowest BCUT2D eigenvalue weighted by molar-refractivity contribution is 0.0903. The zero-order valence-electron chi connectivity index (χ0n) is 20.9. The number of benzene rings is 1. The molecule has 8 heteroatoms. The number of ether oxygens (including phenoxy) is 1. The number of anilines is 1. The molecule has 0 unspecified atom stereocenters. The molecule has 2 fully saturated rings. The Morgan fingerprint density at radius 1 is 1.03 bits per heavy atom. The van der Waals surface area contributed by atoms with Crippen molar-refractivity contribution in [2.75, 3.05) is 18.5 Å². The number of aryl methyl sites for hydroxylation is 1. The molecule has 1 aliphatic carbocycles. The molecule has 4 heterocycles. The fourth-order valence-corrected chi connectivity index (χ4v) is 5.86. The Kier molecular flexibility index (Phi) is 6.65. The van der Waals surface area contributed by atoms with E-state index in [1.165, 1.54) is 0 Å². The third-order valence-electron chi connectivity index (χ3n) is 7.56. The normalized spacial score (nSPS) is 16.9. The molecule has 7 nitrogen and oxygen atoms in total. The van der Waals surface area contributed by atoms with Gasteiger partial charge in [0.05, 0.1) is 5.69 Å². The van der Waals surface area contributed by atoms with Crippen LogP contribution in [-0.2, 0) is 4.74 Å². The van der Waals surface area contributed by atoms with Gasteiger partial charge in [-0.1, -0.05) is 42.6 Å². The van der Waals surface area contributed by atoms with Crippen LogP contribution in [-0.4, -0.2) is 38.8 Å². The van der Waals surface area contributed by atoms with E-state index < -0.39 is 0 Å². The average molecular weight is 516 g/mol. The topological polar surface area (TPSA) is 81.9 Å². The molecular weight excluding hydrogens is 486 g/mol. The van der Waals surface area contributed by atoms with E-state index in [0.29, 0.717) is 27.7 Å². The molecule has 1 saturated heterocycles. The zero-order chi connectivity index (χ0) is 25.4. The number of nitrogens with one attached hydrogen (secondary N) is 1. The van der Waals surface area contributed by atoms with Crippen molar-refractivity contribution in [3.05, 3.63) is 69.7 Å². The summed E-state index contributed by atoms with van der Waals surface area (Å²) in [5, 5.41) is 4.80. The van der Waals surface area contributed by atoms with Crippen molar-refractivity contribution in [2.45, 2.75) is 57.5 Å². The first kappa shape index (κ1) is 24.1. The number of hydrogen-bond donors (Lipinski definition) is 1. The molecule has 6 rings (SSSR count).